The van der Waals surface area contributed by atoms with E-state index in [1.807, 2.05) is 0 Å². The second-order valence-corrected chi connectivity index (χ2v) is 8.86. The standard InChI is InChI=1S/C18H19F6N3O2S/c19-17(20,21)13-7-5-12(6-8-13)11-30(28,29)25-9-10-27-15-4-2-1-3-14(15)16(26-27)18(22,23)24/h5-8,25H,1-4,9-11H2. The van der Waals surface area contributed by atoms with E-state index in [4.69, 9.17) is 0 Å². The molecule has 0 aliphatic heterocycles. The van der Waals surface area contributed by atoms with Crippen LogP contribution in [0.5, 0.6) is 0 Å². The van der Waals surface area contributed by atoms with E-state index in [2.05, 4.69) is 9.82 Å². The summed E-state index contributed by atoms with van der Waals surface area (Å²) >= 11 is 0. The largest absolute Gasteiger partial charge is 0.435 e. The molecule has 0 saturated heterocycles. The highest BCUT2D eigenvalue weighted by Gasteiger charge is 2.39. The first-order valence-corrected chi connectivity index (χ1v) is 10.8. The smallest absolute Gasteiger partial charge is 0.267 e. The fraction of sp³-hybridized carbons (Fsp3) is 0.500. The van der Waals surface area contributed by atoms with Crippen LogP contribution in [0.2, 0.25) is 0 Å². The number of sulfonamides is 1. The molecule has 0 unspecified atom stereocenters. The molecular formula is C18H19F6N3O2S. The van der Waals surface area contributed by atoms with Crippen LogP contribution in [0.4, 0.5) is 26.3 Å². The number of benzene rings is 1. The molecule has 5 nitrogen and oxygen atoms in total. The Labute approximate surface area is 169 Å². The van der Waals surface area contributed by atoms with Crippen molar-refractivity contribution in [3.8, 4) is 0 Å². The van der Waals surface area contributed by atoms with Crippen molar-refractivity contribution >= 4 is 10.0 Å². The van der Waals surface area contributed by atoms with Crippen molar-refractivity contribution in [2.75, 3.05) is 6.54 Å². The van der Waals surface area contributed by atoms with Gasteiger partial charge in [-0.15, -0.1) is 0 Å². The molecule has 1 N–H and O–H groups in total. The predicted molar refractivity (Wildman–Crippen MR) is 95.9 cm³/mol. The van der Waals surface area contributed by atoms with E-state index in [0.29, 0.717) is 18.5 Å². The van der Waals surface area contributed by atoms with Crippen molar-refractivity contribution in [3.63, 3.8) is 0 Å². The van der Waals surface area contributed by atoms with Crippen LogP contribution in [0, 0.1) is 0 Å². The average molecular weight is 455 g/mol. The van der Waals surface area contributed by atoms with Crippen molar-refractivity contribution in [2.45, 2.75) is 50.3 Å². The van der Waals surface area contributed by atoms with E-state index < -0.39 is 39.4 Å². The van der Waals surface area contributed by atoms with Gasteiger partial charge in [-0.05, 0) is 43.4 Å². The highest BCUT2D eigenvalue weighted by molar-refractivity contribution is 7.88. The molecule has 166 valence electrons. The van der Waals surface area contributed by atoms with E-state index in [1.54, 1.807) is 0 Å². The van der Waals surface area contributed by atoms with Gasteiger partial charge >= 0.3 is 12.4 Å². The molecule has 1 heterocycles. The summed E-state index contributed by atoms with van der Waals surface area (Å²) in [6.45, 7) is -0.265. The first-order valence-electron chi connectivity index (χ1n) is 9.16. The zero-order chi connectivity index (χ0) is 22.2. The second kappa shape index (κ2) is 8.22. The molecule has 1 aromatic carbocycles. The molecule has 2 aromatic rings. The van der Waals surface area contributed by atoms with Gasteiger partial charge in [-0.1, -0.05) is 12.1 Å². The fourth-order valence-electron chi connectivity index (χ4n) is 3.45. The van der Waals surface area contributed by atoms with E-state index in [0.717, 1.165) is 30.7 Å². The summed E-state index contributed by atoms with van der Waals surface area (Å²) in [6.07, 6.45) is -7.00. The van der Waals surface area contributed by atoms with Crippen LogP contribution in [0.1, 0.15) is 40.9 Å². The molecule has 1 aromatic heterocycles. The normalized spacial score (nSPS) is 15.3. The van der Waals surface area contributed by atoms with Crippen LogP contribution < -0.4 is 4.72 Å². The molecule has 30 heavy (non-hydrogen) atoms. The van der Waals surface area contributed by atoms with Crippen LogP contribution in [0.3, 0.4) is 0 Å². The van der Waals surface area contributed by atoms with Gasteiger partial charge in [0.05, 0.1) is 17.9 Å². The van der Waals surface area contributed by atoms with Crippen molar-refractivity contribution in [1.29, 1.82) is 0 Å². The third-order valence-electron chi connectivity index (χ3n) is 4.81. The molecule has 0 saturated carbocycles. The lowest BCUT2D eigenvalue weighted by molar-refractivity contribution is -0.142. The summed E-state index contributed by atoms with van der Waals surface area (Å²) in [7, 11) is -3.89. The number of rotatable bonds is 6. The summed E-state index contributed by atoms with van der Waals surface area (Å²) in [5, 5.41) is 3.65. The van der Waals surface area contributed by atoms with Crippen molar-refractivity contribution in [3.05, 3.63) is 52.3 Å². The summed E-state index contributed by atoms with van der Waals surface area (Å²) < 4.78 is 105. The molecular weight excluding hydrogens is 436 g/mol. The van der Waals surface area contributed by atoms with Crippen molar-refractivity contribution < 1.29 is 34.8 Å². The Morgan fingerprint density at radius 2 is 1.60 bits per heavy atom. The van der Waals surface area contributed by atoms with Gasteiger partial charge < -0.3 is 0 Å². The minimum absolute atomic E-state index is 0.0787. The van der Waals surface area contributed by atoms with Crippen LogP contribution in [-0.2, 0) is 47.5 Å². The molecule has 0 atom stereocenters. The molecule has 1 aliphatic carbocycles. The van der Waals surface area contributed by atoms with E-state index >= 15 is 0 Å². The monoisotopic (exact) mass is 455 g/mol. The maximum Gasteiger partial charge on any atom is 0.435 e. The van der Waals surface area contributed by atoms with Gasteiger partial charge in [0.1, 0.15) is 0 Å². The first-order chi connectivity index (χ1) is 13.9. The zero-order valence-corrected chi connectivity index (χ0v) is 16.5. The zero-order valence-electron chi connectivity index (χ0n) is 15.6. The lowest BCUT2D eigenvalue weighted by Crippen LogP contribution is -2.29. The molecule has 0 radical (unpaired) electrons. The summed E-state index contributed by atoms with van der Waals surface area (Å²) in [4.78, 5) is 0. The highest BCUT2D eigenvalue weighted by atomic mass is 32.2. The number of fused-ring (bicyclic) bond motifs is 1. The number of nitrogens with zero attached hydrogens (tertiary/aromatic N) is 2. The Hall–Kier alpha value is -2.08. The molecule has 0 bridgehead atoms. The van der Waals surface area contributed by atoms with Crippen LogP contribution >= 0.6 is 0 Å². The van der Waals surface area contributed by atoms with Gasteiger partial charge in [0.25, 0.3) is 0 Å². The maximum absolute atomic E-state index is 13.2. The van der Waals surface area contributed by atoms with Crippen LogP contribution in [0.15, 0.2) is 24.3 Å². The molecule has 0 amide bonds. The molecule has 0 spiro atoms. The number of hydrogen-bond acceptors (Lipinski definition) is 3. The van der Waals surface area contributed by atoms with Gasteiger partial charge in [0.2, 0.25) is 10.0 Å². The number of hydrogen-bond donors (Lipinski definition) is 1. The molecule has 1 aliphatic rings. The lowest BCUT2D eigenvalue weighted by atomic mass is 9.95. The van der Waals surface area contributed by atoms with Crippen LogP contribution in [0.25, 0.3) is 0 Å². The number of halogens is 6. The lowest BCUT2D eigenvalue weighted by Gasteiger charge is -2.15. The Morgan fingerprint density at radius 1 is 0.967 bits per heavy atom. The third-order valence-corrected chi connectivity index (χ3v) is 6.17. The van der Waals surface area contributed by atoms with Gasteiger partial charge in [-0.2, -0.15) is 31.4 Å². The number of aromatic nitrogens is 2. The molecule has 0 fully saturated rings. The van der Waals surface area contributed by atoms with Crippen LogP contribution in [-0.4, -0.2) is 24.7 Å². The highest BCUT2D eigenvalue weighted by Crippen LogP contribution is 2.35. The summed E-state index contributed by atoms with van der Waals surface area (Å²) in [6, 6.07) is 3.72. The topological polar surface area (TPSA) is 64.0 Å². The number of alkyl halides is 6. The van der Waals surface area contributed by atoms with Gasteiger partial charge in [-0.25, -0.2) is 13.1 Å². The van der Waals surface area contributed by atoms with Crippen molar-refractivity contribution in [1.82, 2.24) is 14.5 Å². The summed E-state index contributed by atoms with van der Waals surface area (Å²) in [5.41, 5.74) is -1.02. The third kappa shape index (κ3) is 5.34. The minimum atomic E-state index is -4.57. The second-order valence-electron chi connectivity index (χ2n) is 7.05. The Bertz CT molecular complexity index is 995. The number of nitrogens with one attached hydrogen (secondary N) is 1. The van der Waals surface area contributed by atoms with Gasteiger partial charge in [0, 0.05) is 17.8 Å². The molecule has 3 rings (SSSR count). The Morgan fingerprint density at radius 3 is 2.20 bits per heavy atom. The Balaban J connectivity index is 1.64. The van der Waals surface area contributed by atoms with Gasteiger partial charge in [-0.3, -0.25) is 4.68 Å². The first kappa shape index (κ1) is 22.6. The van der Waals surface area contributed by atoms with E-state index in [-0.39, 0.29) is 30.6 Å². The quantitative estimate of drug-likeness (QED) is 0.672. The van der Waals surface area contributed by atoms with Crippen molar-refractivity contribution in [2.24, 2.45) is 0 Å². The minimum Gasteiger partial charge on any atom is -0.267 e. The SMILES string of the molecule is O=S(=O)(Cc1ccc(C(F)(F)F)cc1)NCCn1nc(C(F)(F)F)c2c1CCCC2. The Kier molecular flexibility index (Phi) is 6.19. The van der Waals surface area contributed by atoms with Gasteiger partial charge in [0.15, 0.2) is 5.69 Å². The molecule has 12 heteroatoms. The average Bonchev–Trinajstić information content (AvgIpc) is 3.00. The summed E-state index contributed by atoms with van der Waals surface area (Å²) in [5.74, 6) is -0.545. The maximum atomic E-state index is 13.2. The van der Waals surface area contributed by atoms with E-state index in [9.17, 15) is 34.8 Å². The fourth-order valence-corrected chi connectivity index (χ4v) is 4.59. The predicted octanol–water partition coefficient (Wildman–Crippen LogP) is 3.92. The van der Waals surface area contributed by atoms with E-state index in [1.165, 1.54) is 4.68 Å².